The lowest BCUT2D eigenvalue weighted by Crippen LogP contribution is -2.55. The number of fused-ring (bicyclic) bond motifs is 2. The Morgan fingerprint density at radius 1 is 1.17 bits per heavy atom. The van der Waals surface area contributed by atoms with Crippen molar-refractivity contribution in [3.63, 3.8) is 0 Å². The van der Waals surface area contributed by atoms with Crippen molar-refractivity contribution >= 4 is 5.91 Å². The molecular weight excluding hydrogens is 439 g/mol. The Kier molecular flexibility index (Phi) is 7.26. The molecule has 1 N–H and O–H groups in total. The van der Waals surface area contributed by atoms with E-state index >= 15 is 4.39 Å². The molecule has 3 heterocycles. The van der Waals surface area contributed by atoms with Crippen LogP contribution in [0.4, 0.5) is 4.39 Å². The molecule has 1 spiro atoms. The topological polar surface area (TPSA) is 41.6 Å². The fourth-order valence-corrected chi connectivity index (χ4v) is 7.12. The van der Waals surface area contributed by atoms with E-state index < -0.39 is 5.41 Å². The van der Waals surface area contributed by atoms with E-state index in [1.165, 1.54) is 5.56 Å². The van der Waals surface area contributed by atoms with Gasteiger partial charge >= 0.3 is 0 Å². The van der Waals surface area contributed by atoms with Crippen LogP contribution in [-0.4, -0.2) is 49.7 Å². The van der Waals surface area contributed by atoms with Gasteiger partial charge in [0.1, 0.15) is 5.82 Å². The van der Waals surface area contributed by atoms with Gasteiger partial charge in [-0.1, -0.05) is 69.2 Å². The lowest BCUT2D eigenvalue weighted by molar-refractivity contribution is -0.143. The predicted octanol–water partition coefficient (Wildman–Crippen LogP) is 5.07. The summed E-state index contributed by atoms with van der Waals surface area (Å²) in [5, 5.41) is 3.46. The van der Waals surface area contributed by atoms with Crippen molar-refractivity contribution < 1.29 is 13.9 Å². The number of benzene rings is 2. The summed E-state index contributed by atoms with van der Waals surface area (Å²) in [7, 11) is 0. The number of ether oxygens (including phenoxy) is 1. The summed E-state index contributed by atoms with van der Waals surface area (Å²) >= 11 is 0. The lowest BCUT2D eigenvalue weighted by atomic mass is 9.69. The summed E-state index contributed by atoms with van der Waals surface area (Å²) < 4.78 is 21.4. The molecule has 2 aromatic rings. The zero-order chi connectivity index (χ0) is 24.4. The highest BCUT2D eigenvalue weighted by atomic mass is 19.1. The maximum atomic E-state index is 15.4. The van der Waals surface area contributed by atoms with Crippen LogP contribution in [0.15, 0.2) is 48.5 Å². The Hall–Kier alpha value is -2.24. The third-order valence-corrected chi connectivity index (χ3v) is 9.02. The minimum absolute atomic E-state index is 0.179. The fourth-order valence-electron chi connectivity index (χ4n) is 7.12. The average Bonchev–Trinajstić information content (AvgIpc) is 3.21. The third kappa shape index (κ3) is 4.42. The van der Waals surface area contributed by atoms with E-state index in [0.717, 1.165) is 37.8 Å². The van der Waals surface area contributed by atoms with Crippen molar-refractivity contribution in [2.45, 2.75) is 63.3 Å². The number of halogens is 1. The van der Waals surface area contributed by atoms with Gasteiger partial charge in [0.25, 0.3) is 0 Å². The Labute approximate surface area is 209 Å². The Balaban J connectivity index is 1.48. The Bertz CT molecular complexity index is 1020. The quantitative estimate of drug-likeness (QED) is 0.653. The standard InChI is InChI=1S/C30H39FN2O2/c1-3-21(4-2)27-17-24(22-9-6-5-7-10-22)13-15-33(27)29(34)25-18-32-19-30(25)20-35-16-14-23-11-8-12-26(31)28(23)30/h5-12,21,24-25,27,32H,3-4,13-20H2,1-2H3/t24-,25+,27+,30+/m1/s1. The molecule has 5 heteroatoms. The average molecular weight is 479 g/mol. The van der Waals surface area contributed by atoms with Crippen molar-refractivity contribution in [2.24, 2.45) is 11.8 Å². The molecular formula is C30H39FN2O2. The number of hydrogen-bond donors (Lipinski definition) is 1. The van der Waals surface area contributed by atoms with Crippen molar-refractivity contribution in [3.8, 4) is 0 Å². The van der Waals surface area contributed by atoms with Crippen LogP contribution in [-0.2, 0) is 21.4 Å². The molecule has 2 fully saturated rings. The molecule has 0 aliphatic carbocycles. The van der Waals surface area contributed by atoms with E-state index in [1.54, 1.807) is 12.1 Å². The van der Waals surface area contributed by atoms with Gasteiger partial charge in [0.2, 0.25) is 5.91 Å². The number of carbonyl (C=O) groups excluding carboxylic acids is 1. The first kappa shape index (κ1) is 24.5. The molecule has 1 amide bonds. The van der Waals surface area contributed by atoms with Crippen molar-refractivity contribution in [1.82, 2.24) is 10.2 Å². The molecule has 0 radical (unpaired) electrons. The first-order valence-electron chi connectivity index (χ1n) is 13.5. The summed E-state index contributed by atoms with van der Waals surface area (Å²) in [6, 6.07) is 16.3. The third-order valence-electron chi connectivity index (χ3n) is 9.02. The Morgan fingerprint density at radius 3 is 2.74 bits per heavy atom. The van der Waals surface area contributed by atoms with E-state index in [2.05, 4.69) is 54.4 Å². The summed E-state index contributed by atoms with van der Waals surface area (Å²) in [4.78, 5) is 16.6. The Morgan fingerprint density at radius 2 is 1.97 bits per heavy atom. The smallest absolute Gasteiger partial charge is 0.228 e. The largest absolute Gasteiger partial charge is 0.380 e. The van der Waals surface area contributed by atoms with Crippen LogP contribution in [0.1, 0.15) is 62.1 Å². The molecule has 0 unspecified atom stereocenters. The van der Waals surface area contributed by atoms with Gasteiger partial charge in [-0.25, -0.2) is 4.39 Å². The summed E-state index contributed by atoms with van der Waals surface area (Å²) in [6.07, 6.45) is 4.77. The second-order valence-corrected chi connectivity index (χ2v) is 10.7. The zero-order valence-electron chi connectivity index (χ0n) is 21.1. The molecule has 4 atom stereocenters. The van der Waals surface area contributed by atoms with Crippen LogP contribution in [0.5, 0.6) is 0 Å². The number of amides is 1. The minimum atomic E-state index is -0.650. The summed E-state index contributed by atoms with van der Waals surface area (Å²) in [6.45, 7) is 7.35. The molecule has 2 saturated heterocycles. The van der Waals surface area contributed by atoms with Gasteiger partial charge in [-0.15, -0.1) is 0 Å². The van der Waals surface area contributed by atoms with Gasteiger partial charge in [-0.05, 0) is 48.3 Å². The molecule has 2 aromatic carbocycles. The lowest BCUT2D eigenvalue weighted by Gasteiger charge is -2.46. The van der Waals surface area contributed by atoms with Gasteiger partial charge in [0, 0.05) is 36.7 Å². The second-order valence-electron chi connectivity index (χ2n) is 10.7. The molecule has 4 nitrogen and oxygen atoms in total. The molecule has 3 aliphatic heterocycles. The van der Waals surface area contributed by atoms with Gasteiger partial charge < -0.3 is 15.0 Å². The van der Waals surface area contributed by atoms with E-state index in [0.29, 0.717) is 50.1 Å². The maximum absolute atomic E-state index is 15.4. The molecule has 0 bridgehead atoms. The van der Waals surface area contributed by atoms with Crippen molar-refractivity contribution in [2.75, 3.05) is 32.8 Å². The molecule has 0 saturated carbocycles. The SMILES string of the molecule is CCC(CC)[C@@H]1C[C@H](c2ccccc2)CCN1C(=O)[C@@H]1CNC[C@]12COCCc1cccc(F)c12. The summed E-state index contributed by atoms with van der Waals surface area (Å²) in [5.41, 5.74) is 2.42. The van der Waals surface area contributed by atoms with Gasteiger partial charge in [-0.2, -0.15) is 0 Å². The van der Waals surface area contributed by atoms with E-state index in [9.17, 15) is 4.79 Å². The maximum Gasteiger partial charge on any atom is 0.228 e. The fraction of sp³-hybridized carbons (Fsp3) is 0.567. The van der Waals surface area contributed by atoms with Crippen molar-refractivity contribution in [3.05, 3.63) is 71.0 Å². The summed E-state index contributed by atoms with van der Waals surface area (Å²) in [5.74, 6) is 0.597. The first-order valence-corrected chi connectivity index (χ1v) is 13.5. The van der Waals surface area contributed by atoms with E-state index in [1.807, 2.05) is 6.07 Å². The molecule has 5 rings (SSSR count). The van der Waals surface area contributed by atoms with Crippen LogP contribution < -0.4 is 5.32 Å². The van der Waals surface area contributed by atoms with Crippen LogP contribution >= 0.6 is 0 Å². The molecule has 3 aliphatic rings. The number of piperidine rings is 1. The second kappa shape index (κ2) is 10.4. The van der Waals surface area contributed by atoms with Crippen LogP contribution in [0, 0.1) is 17.7 Å². The predicted molar refractivity (Wildman–Crippen MR) is 137 cm³/mol. The first-order chi connectivity index (χ1) is 17.1. The number of nitrogens with one attached hydrogen (secondary N) is 1. The van der Waals surface area contributed by atoms with Gasteiger partial charge in [-0.3, -0.25) is 4.79 Å². The minimum Gasteiger partial charge on any atom is -0.380 e. The number of likely N-dealkylation sites (tertiary alicyclic amines) is 1. The van der Waals surface area contributed by atoms with Gasteiger partial charge in [0.15, 0.2) is 0 Å². The number of carbonyl (C=O) groups is 1. The molecule has 188 valence electrons. The highest BCUT2D eigenvalue weighted by molar-refractivity contribution is 5.82. The number of hydrogen-bond acceptors (Lipinski definition) is 3. The normalized spacial score (nSPS) is 28.8. The van der Waals surface area contributed by atoms with E-state index in [4.69, 9.17) is 4.74 Å². The molecule has 0 aromatic heterocycles. The highest BCUT2D eigenvalue weighted by Crippen LogP contribution is 2.44. The van der Waals surface area contributed by atoms with Gasteiger partial charge in [0.05, 0.1) is 19.1 Å². The number of nitrogens with zero attached hydrogens (tertiary/aromatic N) is 1. The van der Waals surface area contributed by atoms with Crippen LogP contribution in [0.25, 0.3) is 0 Å². The zero-order valence-corrected chi connectivity index (χ0v) is 21.1. The monoisotopic (exact) mass is 478 g/mol. The number of rotatable bonds is 5. The molecule has 35 heavy (non-hydrogen) atoms. The highest BCUT2D eigenvalue weighted by Gasteiger charge is 2.53. The van der Waals surface area contributed by atoms with E-state index in [-0.39, 0.29) is 23.7 Å². The van der Waals surface area contributed by atoms with Crippen LogP contribution in [0.2, 0.25) is 0 Å². The van der Waals surface area contributed by atoms with Crippen LogP contribution in [0.3, 0.4) is 0 Å². The van der Waals surface area contributed by atoms with Crippen molar-refractivity contribution in [1.29, 1.82) is 0 Å².